The molecule has 3 amide bonds. The van der Waals surface area contributed by atoms with Crippen LogP contribution < -0.4 is 15.4 Å². The van der Waals surface area contributed by atoms with Crippen LogP contribution in [0.25, 0.3) is 0 Å². The summed E-state index contributed by atoms with van der Waals surface area (Å²) in [6.07, 6.45) is 3.90. The minimum atomic E-state index is -0.217. The van der Waals surface area contributed by atoms with E-state index in [1.54, 1.807) is 6.07 Å². The van der Waals surface area contributed by atoms with Crippen molar-refractivity contribution in [1.82, 2.24) is 15.5 Å². The van der Waals surface area contributed by atoms with Crippen LogP contribution in [0.3, 0.4) is 0 Å². The highest BCUT2D eigenvalue weighted by molar-refractivity contribution is 6.32. The fourth-order valence-electron chi connectivity index (χ4n) is 5.91. The van der Waals surface area contributed by atoms with E-state index >= 15 is 0 Å². The number of Topliss-reactive ketones (excluding diaryl/α,β-unsaturated/α-hetero) is 1. The summed E-state index contributed by atoms with van der Waals surface area (Å²) in [6, 6.07) is 11.2. The minimum absolute atomic E-state index is 0.109. The Morgan fingerprint density at radius 2 is 1.76 bits per heavy atom. The van der Waals surface area contributed by atoms with Crippen LogP contribution in [0.4, 0.5) is 0 Å². The van der Waals surface area contributed by atoms with E-state index in [0.717, 1.165) is 67.9 Å². The lowest BCUT2D eigenvalue weighted by atomic mass is 9.78. The Hall–Kier alpha value is -3.27. The molecule has 2 fully saturated rings. The van der Waals surface area contributed by atoms with Gasteiger partial charge in [-0.15, -0.1) is 0 Å². The number of nitrogens with one attached hydrogen (secondary N) is 2. The Morgan fingerprint density at radius 3 is 2.55 bits per heavy atom. The van der Waals surface area contributed by atoms with Gasteiger partial charge in [0.05, 0.1) is 24.7 Å². The van der Waals surface area contributed by atoms with Gasteiger partial charge in [0, 0.05) is 50.0 Å². The standard InChI is InChI=1S/C32H38ClN3O6/c33-27-18-21(2-9-28(27)42-16-13-36-11-14-41-15-12-36)19-30(38)34-20-22-1-8-26-25(17-22)6-4-23(31(26)39)3-5-24-7-10-29(37)35-32(24)40/h1-2,8-9,17-18,23-24H,3-7,10-16,19-20H2,(H,34,38)(H,35,37,40). The molecule has 2 N–H and O–H groups in total. The fourth-order valence-corrected chi connectivity index (χ4v) is 6.16. The van der Waals surface area contributed by atoms with E-state index in [0.29, 0.717) is 49.6 Å². The fraction of sp³-hybridized carbons (Fsp3) is 0.500. The highest BCUT2D eigenvalue weighted by Crippen LogP contribution is 2.31. The molecule has 0 aromatic heterocycles. The zero-order valence-corrected chi connectivity index (χ0v) is 24.5. The third kappa shape index (κ3) is 7.96. The molecule has 1 aliphatic carbocycles. The van der Waals surface area contributed by atoms with Gasteiger partial charge in [-0.3, -0.25) is 29.4 Å². The Bertz CT molecular complexity index is 1330. The molecule has 2 aromatic carbocycles. The van der Waals surface area contributed by atoms with Crippen molar-refractivity contribution in [2.24, 2.45) is 11.8 Å². The monoisotopic (exact) mass is 595 g/mol. The van der Waals surface area contributed by atoms with Crippen molar-refractivity contribution in [3.8, 4) is 5.75 Å². The molecule has 0 saturated carbocycles. The van der Waals surface area contributed by atoms with Crippen molar-refractivity contribution in [3.05, 3.63) is 63.7 Å². The van der Waals surface area contributed by atoms with Crippen LogP contribution in [-0.4, -0.2) is 67.9 Å². The van der Waals surface area contributed by atoms with Gasteiger partial charge in [0.1, 0.15) is 12.4 Å². The van der Waals surface area contributed by atoms with Crippen LogP contribution in [-0.2, 0) is 38.5 Å². The first-order valence-corrected chi connectivity index (χ1v) is 15.2. The second kappa shape index (κ2) is 14.3. The number of aryl methyl sites for hydroxylation is 1. The highest BCUT2D eigenvalue weighted by atomic mass is 35.5. The van der Waals surface area contributed by atoms with Gasteiger partial charge in [0.2, 0.25) is 17.7 Å². The number of rotatable bonds is 11. The van der Waals surface area contributed by atoms with Crippen molar-refractivity contribution in [2.75, 3.05) is 39.5 Å². The van der Waals surface area contributed by atoms with Gasteiger partial charge in [-0.2, -0.15) is 0 Å². The molecule has 2 heterocycles. The maximum Gasteiger partial charge on any atom is 0.229 e. The minimum Gasteiger partial charge on any atom is -0.491 e. The van der Waals surface area contributed by atoms with Gasteiger partial charge in [-0.05, 0) is 60.9 Å². The van der Waals surface area contributed by atoms with Crippen LogP contribution in [0.15, 0.2) is 36.4 Å². The molecule has 2 aliphatic heterocycles. The molecule has 9 nitrogen and oxygen atoms in total. The zero-order chi connectivity index (χ0) is 29.5. The SMILES string of the molecule is O=C(Cc1ccc(OCCN2CCOCC2)c(Cl)c1)NCc1ccc2c(c1)CCC(CCC1CCC(=O)NC1=O)C2=O. The number of imide groups is 1. The second-order valence-corrected chi connectivity index (χ2v) is 11.7. The number of ether oxygens (including phenoxy) is 2. The molecular formula is C32H38ClN3O6. The van der Waals surface area contributed by atoms with Crippen LogP contribution in [0.5, 0.6) is 5.75 Å². The molecule has 2 aromatic rings. The largest absolute Gasteiger partial charge is 0.491 e. The van der Waals surface area contributed by atoms with E-state index in [1.165, 1.54) is 0 Å². The summed E-state index contributed by atoms with van der Waals surface area (Å²) in [5.41, 5.74) is 3.47. The number of piperidine rings is 1. The van der Waals surface area contributed by atoms with E-state index in [1.807, 2.05) is 30.3 Å². The third-order valence-corrected chi connectivity index (χ3v) is 8.70. The lowest BCUT2D eigenvalue weighted by Gasteiger charge is -2.26. The molecule has 10 heteroatoms. The summed E-state index contributed by atoms with van der Waals surface area (Å²) in [5, 5.41) is 5.85. The van der Waals surface area contributed by atoms with Gasteiger partial charge in [0.15, 0.2) is 5.78 Å². The average Bonchev–Trinajstić information content (AvgIpc) is 2.98. The van der Waals surface area contributed by atoms with Crippen molar-refractivity contribution in [1.29, 1.82) is 0 Å². The predicted octanol–water partition coefficient (Wildman–Crippen LogP) is 3.49. The van der Waals surface area contributed by atoms with Crippen LogP contribution >= 0.6 is 11.6 Å². The first-order valence-electron chi connectivity index (χ1n) is 14.8. The van der Waals surface area contributed by atoms with E-state index in [9.17, 15) is 19.2 Å². The average molecular weight is 596 g/mol. The lowest BCUT2D eigenvalue weighted by Crippen LogP contribution is -2.41. The molecule has 0 bridgehead atoms. The number of hydrogen-bond donors (Lipinski definition) is 2. The number of nitrogens with zero attached hydrogens (tertiary/aromatic N) is 1. The first kappa shape index (κ1) is 30.2. The number of ketones is 1. The number of carbonyl (C=O) groups excluding carboxylic acids is 4. The predicted molar refractivity (Wildman–Crippen MR) is 157 cm³/mol. The number of hydrogen-bond acceptors (Lipinski definition) is 7. The van der Waals surface area contributed by atoms with Crippen LogP contribution in [0.2, 0.25) is 5.02 Å². The Morgan fingerprint density at radius 1 is 1.00 bits per heavy atom. The smallest absolute Gasteiger partial charge is 0.229 e. The quantitative estimate of drug-likeness (QED) is 0.382. The maximum absolute atomic E-state index is 13.1. The van der Waals surface area contributed by atoms with Crippen molar-refractivity contribution in [3.63, 3.8) is 0 Å². The number of halogens is 1. The van der Waals surface area contributed by atoms with Gasteiger partial charge < -0.3 is 14.8 Å². The summed E-state index contributed by atoms with van der Waals surface area (Å²) < 4.78 is 11.2. The van der Waals surface area contributed by atoms with Crippen molar-refractivity contribution in [2.45, 2.75) is 51.5 Å². The molecular weight excluding hydrogens is 558 g/mol. The third-order valence-electron chi connectivity index (χ3n) is 8.40. The summed E-state index contributed by atoms with van der Waals surface area (Å²) >= 11 is 6.42. The summed E-state index contributed by atoms with van der Waals surface area (Å²) in [5.74, 6) is -0.136. The molecule has 2 saturated heterocycles. The number of morpholine rings is 1. The van der Waals surface area contributed by atoms with Crippen LogP contribution in [0, 0.1) is 11.8 Å². The van der Waals surface area contributed by atoms with Crippen molar-refractivity contribution < 1.29 is 28.7 Å². The molecule has 0 spiro atoms. The van der Waals surface area contributed by atoms with E-state index in [2.05, 4.69) is 15.5 Å². The van der Waals surface area contributed by atoms with Crippen molar-refractivity contribution >= 4 is 35.1 Å². The molecule has 0 radical (unpaired) electrons. The summed E-state index contributed by atoms with van der Waals surface area (Å²) in [4.78, 5) is 51.5. The number of amides is 3. The number of benzene rings is 2. The Kier molecular flexibility index (Phi) is 10.3. The van der Waals surface area contributed by atoms with Gasteiger partial charge in [0.25, 0.3) is 0 Å². The molecule has 224 valence electrons. The van der Waals surface area contributed by atoms with Gasteiger partial charge in [-0.1, -0.05) is 35.9 Å². The molecule has 2 atom stereocenters. The maximum atomic E-state index is 13.1. The topological polar surface area (TPSA) is 114 Å². The van der Waals surface area contributed by atoms with Gasteiger partial charge >= 0.3 is 0 Å². The number of carbonyl (C=O) groups is 4. The summed E-state index contributed by atoms with van der Waals surface area (Å²) in [7, 11) is 0. The summed E-state index contributed by atoms with van der Waals surface area (Å²) in [6.45, 7) is 5.03. The van der Waals surface area contributed by atoms with Gasteiger partial charge in [-0.25, -0.2) is 0 Å². The highest BCUT2D eigenvalue weighted by Gasteiger charge is 2.31. The van der Waals surface area contributed by atoms with E-state index in [4.69, 9.17) is 21.1 Å². The van der Waals surface area contributed by atoms with E-state index < -0.39 is 0 Å². The van der Waals surface area contributed by atoms with Crippen LogP contribution in [0.1, 0.15) is 59.2 Å². The Labute approximate surface area is 251 Å². The van der Waals surface area contributed by atoms with E-state index in [-0.39, 0.29) is 41.8 Å². The Balaban J connectivity index is 1.06. The molecule has 2 unspecified atom stereocenters. The second-order valence-electron chi connectivity index (χ2n) is 11.3. The first-order chi connectivity index (χ1) is 20.4. The molecule has 5 rings (SSSR count). The normalized spacial score (nSPS) is 21.0. The molecule has 42 heavy (non-hydrogen) atoms. The molecule has 3 aliphatic rings. The lowest BCUT2D eigenvalue weighted by molar-refractivity contribution is -0.136. The zero-order valence-electron chi connectivity index (χ0n) is 23.8. The number of fused-ring (bicyclic) bond motifs is 1.